The van der Waals surface area contributed by atoms with Crippen molar-refractivity contribution in [3.05, 3.63) is 35.9 Å². The second-order valence-electron chi connectivity index (χ2n) is 5.61. The summed E-state index contributed by atoms with van der Waals surface area (Å²) in [6.45, 7) is 2.98. The summed E-state index contributed by atoms with van der Waals surface area (Å²) in [5.74, 6) is 1.93. The number of rotatable bonds is 3. The molecule has 1 fully saturated rings. The highest BCUT2D eigenvalue weighted by Crippen LogP contribution is 2.21. The van der Waals surface area contributed by atoms with E-state index in [1.165, 1.54) is 31.8 Å². The van der Waals surface area contributed by atoms with E-state index >= 15 is 0 Å². The lowest BCUT2D eigenvalue weighted by Crippen LogP contribution is -2.31. The SMILES string of the molecule is CN1CCC(Cc2ncc3cccc(CN)n23)CC1. The maximum atomic E-state index is 5.84. The van der Waals surface area contributed by atoms with E-state index in [9.17, 15) is 0 Å². The van der Waals surface area contributed by atoms with Crippen LogP contribution < -0.4 is 5.73 Å². The monoisotopic (exact) mass is 258 g/mol. The van der Waals surface area contributed by atoms with Crippen LogP contribution in [-0.4, -0.2) is 34.4 Å². The van der Waals surface area contributed by atoms with Crippen molar-refractivity contribution in [3.63, 3.8) is 0 Å². The molecule has 2 N–H and O–H groups in total. The van der Waals surface area contributed by atoms with E-state index in [1.54, 1.807) is 0 Å². The van der Waals surface area contributed by atoms with Crippen molar-refractivity contribution in [2.75, 3.05) is 20.1 Å². The van der Waals surface area contributed by atoms with Crippen LogP contribution in [-0.2, 0) is 13.0 Å². The van der Waals surface area contributed by atoms with E-state index in [0.717, 1.165) is 23.5 Å². The molecule has 0 atom stereocenters. The second-order valence-corrected chi connectivity index (χ2v) is 5.61. The Morgan fingerprint density at radius 2 is 2.11 bits per heavy atom. The summed E-state index contributed by atoms with van der Waals surface area (Å²) in [5, 5.41) is 0. The van der Waals surface area contributed by atoms with Gasteiger partial charge in [-0.25, -0.2) is 4.98 Å². The molecule has 0 saturated carbocycles. The molecule has 3 heterocycles. The van der Waals surface area contributed by atoms with E-state index in [4.69, 9.17) is 5.73 Å². The molecule has 1 aliphatic heterocycles. The molecule has 0 spiro atoms. The minimum absolute atomic E-state index is 0.564. The van der Waals surface area contributed by atoms with E-state index < -0.39 is 0 Å². The Balaban J connectivity index is 1.85. The summed E-state index contributed by atoms with van der Waals surface area (Å²) in [6.07, 6.45) is 5.58. The van der Waals surface area contributed by atoms with E-state index in [0.29, 0.717) is 6.54 Å². The van der Waals surface area contributed by atoms with E-state index in [1.807, 2.05) is 6.20 Å². The van der Waals surface area contributed by atoms with Gasteiger partial charge in [0.25, 0.3) is 0 Å². The Morgan fingerprint density at radius 3 is 2.84 bits per heavy atom. The fourth-order valence-corrected chi connectivity index (χ4v) is 3.01. The number of nitrogens with two attached hydrogens (primary N) is 1. The fourth-order valence-electron chi connectivity index (χ4n) is 3.01. The van der Waals surface area contributed by atoms with Crippen LogP contribution in [0, 0.1) is 5.92 Å². The molecule has 0 unspecified atom stereocenters. The molecular formula is C15H22N4. The number of hydrogen-bond donors (Lipinski definition) is 1. The van der Waals surface area contributed by atoms with Gasteiger partial charge in [0.15, 0.2) is 0 Å². The van der Waals surface area contributed by atoms with Crippen molar-refractivity contribution >= 4 is 5.52 Å². The van der Waals surface area contributed by atoms with Crippen molar-refractivity contribution in [2.24, 2.45) is 11.7 Å². The van der Waals surface area contributed by atoms with Gasteiger partial charge in [-0.1, -0.05) is 6.07 Å². The summed E-state index contributed by atoms with van der Waals surface area (Å²) in [5.41, 5.74) is 8.15. The molecule has 0 radical (unpaired) electrons. The highest BCUT2D eigenvalue weighted by molar-refractivity contribution is 5.47. The average Bonchev–Trinajstić information content (AvgIpc) is 2.85. The van der Waals surface area contributed by atoms with Crippen LogP contribution >= 0.6 is 0 Å². The highest BCUT2D eigenvalue weighted by Gasteiger charge is 2.19. The van der Waals surface area contributed by atoms with Crippen LogP contribution in [0.3, 0.4) is 0 Å². The molecular weight excluding hydrogens is 236 g/mol. The Hall–Kier alpha value is -1.39. The molecule has 2 aromatic heterocycles. The third-order valence-corrected chi connectivity index (χ3v) is 4.22. The van der Waals surface area contributed by atoms with E-state index in [2.05, 4.69) is 39.5 Å². The molecule has 0 amide bonds. The third kappa shape index (κ3) is 2.51. The fraction of sp³-hybridized carbons (Fsp3) is 0.533. The first-order valence-corrected chi connectivity index (χ1v) is 7.11. The zero-order valence-corrected chi connectivity index (χ0v) is 11.5. The average molecular weight is 258 g/mol. The number of hydrogen-bond acceptors (Lipinski definition) is 3. The zero-order chi connectivity index (χ0) is 13.2. The van der Waals surface area contributed by atoms with Crippen LogP contribution in [0.1, 0.15) is 24.4 Å². The molecule has 3 rings (SSSR count). The predicted molar refractivity (Wildman–Crippen MR) is 77.0 cm³/mol. The number of likely N-dealkylation sites (tertiary alicyclic amines) is 1. The second kappa shape index (κ2) is 5.31. The topological polar surface area (TPSA) is 46.6 Å². The van der Waals surface area contributed by atoms with Gasteiger partial charge in [-0.05, 0) is 51.0 Å². The number of imidazole rings is 1. The maximum Gasteiger partial charge on any atom is 0.113 e. The molecule has 0 aromatic carbocycles. The zero-order valence-electron chi connectivity index (χ0n) is 11.5. The molecule has 4 nitrogen and oxygen atoms in total. The lowest BCUT2D eigenvalue weighted by Gasteiger charge is -2.28. The van der Waals surface area contributed by atoms with Crippen molar-refractivity contribution < 1.29 is 0 Å². The Labute approximate surface area is 114 Å². The number of piperidine rings is 1. The molecule has 1 saturated heterocycles. The van der Waals surface area contributed by atoms with Gasteiger partial charge in [0, 0.05) is 18.7 Å². The van der Waals surface area contributed by atoms with Gasteiger partial charge >= 0.3 is 0 Å². The van der Waals surface area contributed by atoms with Gasteiger partial charge in [-0.3, -0.25) is 4.40 Å². The molecule has 1 aliphatic rings. The van der Waals surface area contributed by atoms with Crippen molar-refractivity contribution in [2.45, 2.75) is 25.8 Å². The first-order valence-electron chi connectivity index (χ1n) is 7.11. The Morgan fingerprint density at radius 1 is 1.32 bits per heavy atom. The summed E-state index contributed by atoms with van der Waals surface area (Å²) in [4.78, 5) is 7.02. The summed E-state index contributed by atoms with van der Waals surface area (Å²) in [7, 11) is 2.20. The van der Waals surface area contributed by atoms with Crippen LogP contribution in [0.15, 0.2) is 24.4 Å². The molecule has 19 heavy (non-hydrogen) atoms. The number of pyridine rings is 1. The Bertz CT molecular complexity index is 552. The van der Waals surface area contributed by atoms with Crippen molar-refractivity contribution in [1.82, 2.24) is 14.3 Å². The van der Waals surface area contributed by atoms with Crippen LogP contribution in [0.2, 0.25) is 0 Å². The first-order chi connectivity index (χ1) is 9.28. The quantitative estimate of drug-likeness (QED) is 0.911. The third-order valence-electron chi connectivity index (χ3n) is 4.22. The lowest BCUT2D eigenvalue weighted by atomic mass is 9.93. The molecule has 2 aromatic rings. The van der Waals surface area contributed by atoms with Crippen molar-refractivity contribution in [3.8, 4) is 0 Å². The molecule has 4 heteroatoms. The standard InChI is InChI=1S/C15H22N4/c1-18-7-5-12(6-8-18)9-15-17-11-14-4-2-3-13(10-16)19(14)15/h2-4,11-12H,5-10,16H2,1H3. The lowest BCUT2D eigenvalue weighted by molar-refractivity contribution is 0.217. The minimum Gasteiger partial charge on any atom is -0.325 e. The summed E-state index contributed by atoms with van der Waals surface area (Å²) >= 11 is 0. The molecule has 102 valence electrons. The number of aromatic nitrogens is 2. The van der Waals surface area contributed by atoms with Gasteiger partial charge in [0.1, 0.15) is 5.82 Å². The number of fused-ring (bicyclic) bond motifs is 1. The highest BCUT2D eigenvalue weighted by atomic mass is 15.1. The molecule has 0 bridgehead atoms. The number of nitrogens with zero attached hydrogens (tertiary/aromatic N) is 3. The van der Waals surface area contributed by atoms with Gasteiger partial charge in [0.05, 0.1) is 11.7 Å². The van der Waals surface area contributed by atoms with Gasteiger partial charge in [0.2, 0.25) is 0 Å². The van der Waals surface area contributed by atoms with Gasteiger partial charge in [-0.2, -0.15) is 0 Å². The normalized spacial score (nSPS) is 18.2. The van der Waals surface area contributed by atoms with Crippen LogP contribution in [0.5, 0.6) is 0 Å². The smallest absolute Gasteiger partial charge is 0.113 e. The predicted octanol–water partition coefficient (Wildman–Crippen LogP) is 1.68. The minimum atomic E-state index is 0.564. The summed E-state index contributed by atoms with van der Waals surface area (Å²) < 4.78 is 2.23. The summed E-state index contributed by atoms with van der Waals surface area (Å²) in [6, 6.07) is 6.25. The Kier molecular flexibility index (Phi) is 3.53. The first kappa shape index (κ1) is 12.6. The van der Waals surface area contributed by atoms with Crippen LogP contribution in [0.4, 0.5) is 0 Å². The molecule has 0 aliphatic carbocycles. The van der Waals surface area contributed by atoms with Gasteiger partial charge < -0.3 is 10.6 Å². The van der Waals surface area contributed by atoms with Crippen LogP contribution in [0.25, 0.3) is 5.52 Å². The van der Waals surface area contributed by atoms with Gasteiger partial charge in [-0.15, -0.1) is 0 Å². The van der Waals surface area contributed by atoms with E-state index in [-0.39, 0.29) is 0 Å². The largest absolute Gasteiger partial charge is 0.325 e. The van der Waals surface area contributed by atoms with Crippen molar-refractivity contribution in [1.29, 1.82) is 0 Å². The maximum absolute atomic E-state index is 5.84.